The number of rotatable bonds is 5. The lowest BCUT2D eigenvalue weighted by atomic mass is 9.73. The van der Waals surface area contributed by atoms with Gasteiger partial charge in [-0.2, -0.15) is 0 Å². The molecule has 4 aromatic rings. The first-order chi connectivity index (χ1) is 20.2. The zero-order valence-electron chi connectivity index (χ0n) is 24.7. The number of hydrogen-bond acceptors (Lipinski definition) is 0. The van der Waals surface area contributed by atoms with Crippen molar-refractivity contribution in [3.8, 4) is 11.1 Å². The van der Waals surface area contributed by atoms with Crippen LogP contribution < -0.4 is 10.4 Å². The summed E-state index contributed by atoms with van der Waals surface area (Å²) in [6, 6.07) is 23.2. The predicted molar refractivity (Wildman–Crippen MR) is 176 cm³/mol. The lowest BCUT2D eigenvalue weighted by Gasteiger charge is -2.32. The van der Waals surface area contributed by atoms with Gasteiger partial charge < -0.3 is 0 Å². The Morgan fingerprint density at radius 1 is 0.659 bits per heavy atom. The van der Waals surface area contributed by atoms with Crippen LogP contribution in [0.3, 0.4) is 0 Å². The van der Waals surface area contributed by atoms with E-state index in [0.717, 1.165) is 11.8 Å². The molecule has 0 aromatic heterocycles. The van der Waals surface area contributed by atoms with E-state index in [1.165, 1.54) is 94.8 Å². The van der Waals surface area contributed by atoms with Gasteiger partial charge in [0.15, 0.2) is 0 Å². The Hall–Kier alpha value is -3.38. The SMILES string of the molecule is CC(C(=c1ccc2c(c1C1C=CC=C1)c1c(c3ccccc32)-c2ccccc2C=1)C(C)C1CCCC1)C1CCCC1. The van der Waals surface area contributed by atoms with Crippen LogP contribution in [0.5, 0.6) is 0 Å². The minimum Gasteiger partial charge on any atom is -0.0732 e. The molecule has 0 spiro atoms. The maximum Gasteiger partial charge on any atom is 0.0217 e. The van der Waals surface area contributed by atoms with Crippen LogP contribution in [0.25, 0.3) is 44.3 Å². The topological polar surface area (TPSA) is 0 Å². The van der Waals surface area contributed by atoms with Crippen molar-refractivity contribution in [1.29, 1.82) is 0 Å². The molecular formula is C41H42. The predicted octanol–water partition coefficient (Wildman–Crippen LogP) is 9.82. The molecule has 8 rings (SSSR count). The van der Waals surface area contributed by atoms with E-state index in [2.05, 4.69) is 105 Å². The second-order valence-electron chi connectivity index (χ2n) is 13.4. The van der Waals surface area contributed by atoms with Gasteiger partial charge in [-0.05, 0) is 110 Å². The number of hydrogen-bond donors (Lipinski definition) is 0. The van der Waals surface area contributed by atoms with Gasteiger partial charge in [-0.1, -0.05) is 130 Å². The fourth-order valence-electron chi connectivity index (χ4n) is 9.33. The molecule has 0 saturated heterocycles. The normalized spacial score (nSPS) is 20.1. The Bertz CT molecular complexity index is 1800. The molecule has 2 atom stereocenters. The van der Waals surface area contributed by atoms with Gasteiger partial charge in [-0.15, -0.1) is 0 Å². The molecule has 206 valence electrons. The highest BCUT2D eigenvalue weighted by atomic mass is 14.4. The van der Waals surface area contributed by atoms with E-state index >= 15 is 0 Å². The summed E-state index contributed by atoms with van der Waals surface area (Å²) in [5, 5.41) is 8.68. The molecule has 4 aromatic carbocycles. The van der Waals surface area contributed by atoms with E-state index in [0.29, 0.717) is 17.8 Å². The Balaban J connectivity index is 1.54. The zero-order chi connectivity index (χ0) is 27.5. The van der Waals surface area contributed by atoms with Gasteiger partial charge in [0.2, 0.25) is 0 Å². The van der Waals surface area contributed by atoms with Crippen LogP contribution in [0.2, 0.25) is 0 Å². The van der Waals surface area contributed by atoms with Crippen molar-refractivity contribution in [2.45, 2.75) is 71.1 Å². The standard InChI is InChI=1S/C41H42/c1-26(28-13-3-4-14-28)38(27(2)29-15-5-6-16-29)36-24-23-35-33-21-11-12-22-34(33)40-32-20-10-9-19-31(32)25-37(40)41(35)39(36)30-17-7-8-18-30/h7-12,17-30H,3-6,13-16H2,1-2H3. The Morgan fingerprint density at radius 3 is 1.95 bits per heavy atom. The average molecular weight is 535 g/mol. The van der Waals surface area contributed by atoms with Crippen LogP contribution >= 0.6 is 0 Å². The third kappa shape index (κ3) is 4.01. The maximum absolute atomic E-state index is 2.60. The third-order valence-electron chi connectivity index (χ3n) is 11.4. The highest BCUT2D eigenvalue weighted by Crippen LogP contribution is 2.44. The van der Waals surface area contributed by atoms with Crippen LogP contribution in [0.15, 0.2) is 85.0 Å². The minimum atomic E-state index is 0.317. The molecule has 0 heterocycles. The molecule has 2 fully saturated rings. The van der Waals surface area contributed by atoms with Gasteiger partial charge in [0.05, 0.1) is 0 Å². The molecular weight excluding hydrogens is 492 g/mol. The van der Waals surface area contributed by atoms with Crippen LogP contribution in [0.4, 0.5) is 0 Å². The van der Waals surface area contributed by atoms with Crippen LogP contribution in [0.1, 0.15) is 82.3 Å². The van der Waals surface area contributed by atoms with E-state index < -0.39 is 0 Å². The fourth-order valence-corrected chi connectivity index (χ4v) is 9.33. The van der Waals surface area contributed by atoms with Gasteiger partial charge in [0, 0.05) is 5.92 Å². The molecule has 4 aliphatic carbocycles. The van der Waals surface area contributed by atoms with Crippen molar-refractivity contribution in [2.24, 2.45) is 23.7 Å². The molecule has 0 heteroatoms. The summed E-state index contributed by atoms with van der Waals surface area (Å²) in [4.78, 5) is 0. The van der Waals surface area contributed by atoms with Crippen LogP contribution in [0, 0.1) is 23.7 Å². The molecule has 0 N–H and O–H groups in total. The number of benzene rings is 4. The van der Waals surface area contributed by atoms with Gasteiger partial charge in [0.25, 0.3) is 0 Å². The molecule has 2 saturated carbocycles. The summed E-state index contributed by atoms with van der Waals surface area (Å²) in [6.07, 6.45) is 23.2. The summed E-state index contributed by atoms with van der Waals surface area (Å²) in [5.74, 6) is 3.23. The van der Waals surface area contributed by atoms with Crippen molar-refractivity contribution in [3.63, 3.8) is 0 Å². The molecule has 41 heavy (non-hydrogen) atoms. The number of fused-ring (bicyclic) bond motifs is 8. The first-order valence-electron chi connectivity index (χ1n) is 16.4. The minimum absolute atomic E-state index is 0.317. The third-order valence-corrected chi connectivity index (χ3v) is 11.4. The summed E-state index contributed by atoms with van der Waals surface area (Å²) in [5.41, 5.74) is 7.51. The second kappa shape index (κ2) is 10.2. The highest BCUT2D eigenvalue weighted by molar-refractivity contribution is 6.17. The van der Waals surface area contributed by atoms with Crippen molar-refractivity contribution >= 4 is 33.2 Å². The first-order valence-corrected chi connectivity index (χ1v) is 16.4. The molecule has 4 aliphatic rings. The van der Waals surface area contributed by atoms with Gasteiger partial charge in [-0.3, -0.25) is 0 Å². The monoisotopic (exact) mass is 534 g/mol. The number of allylic oxidation sites excluding steroid dienone is 4. The summed E-state index contributed by atoms with van der Waals surface area (Å²) < 4.78 is 0. The van der Waals surface area contributed by atoms with E-state index in [1.54, 1.807) is 16.4 Å². The fraction of sp³-hybridized carbons (Fsp3) is 0.366. The van der Waals surface area contributed by atoms with Crippen molar-refractivity contribution in [1.82, 2.24) is 0 Å². The Labute approximate surface area is 245 Å². The summed E-state index contributed by atoms with van der Waals surface area (Å²) in [7, 11) is 0. The lowest BCUT2D eigenvalue weighted by Crippen LogP contribution is -2.29. The van der Waals surface area contributed by atoms with Crippen molar-refractivity contribution in [3.05, 3.63) is 107 Å². The Kier molecular flexibility index (Phi) is 6.28. The largest absolute Gasteiger partial charge is 0.0732 e. The molecule has 2 unspecified atom stereocenters. The summed E-state index contributed by atoms with van der Waals surface area (Å²) in [6.45, 7) is 5.19. The van der Waals surface area contributed by atoms with Crippen molar-refractivity contribution < 1.29 is 0 Å². The van der Waals surface area contributed by atoms with Gasteiger partial charge in [-0.25, -0.2) is 0 Å². The maximum atomic E-state index is 2.60. The van der Waals surface area contributed by atoms with E-state index in [1.807, 2.05) is 0 Å². The van der Waals surface area contributed by atoms with E-state index in [4.69, 9.17) is 0 Å². The second-order valence-corrected chi connectivity index (χ2v) is 13.4. The van der Waals surface area contributed by atoms with Crippen LogP contribution in [-0.2, 0) is 0 Å². The molecule has 0 aliphatic heterocycles. The quantitative estimate of drug-likeness (QED) is 0.197. The Morgan fingerprint density at radius 2 is 1.27 bits per heavy atom. The van der Waals surface area contributed by atoms with Crippen molar-refractivity contribution in [2.75, 3.05) is 0 Å². The van der Waals surface area contributed by atoms with E-state index in [9.17, 15) is 0 Å². The zero-order valence-corrected chi connectivity index (χ0v) is 24.7. The van der Waals surface area contributed by atoms with Gasteiger partial charge >= 0.3 is 0 Å². The van der Waals surface area contributed by atoms with Gasteiger partial charge in [0.1, 0.15) is 0 Å². The molecule has 0 nitrogen and oxygen atoms in total. The van der Waals surface area contributed by atoms with E-state index in [-0.39, 0.29) is 0 Å². The highest BCUT2D eigenvalue weighted by Gasteiger charge is 2.33. The molecule has 0 radical (unpaired) electrons. The smallest absolute Gasteiger partial charge is 0.0217 e. The molecule has 0 bridgehead atoms. The average Bonchev–Trinajstić information content (AvgIpc) is 3.84. The van der Waals surface area contributed by atoms with Crippen LogP contribution in [-0.4, -0.2) is 0 Å². The lowest BCUT2D eigenvalue weighted by molar-refractivity contribution is 0.376. The summed E-state index contributed by atoms with van der Waals surface area (Å²) >= 11 is 0. The molecule has 0 amide bonds. The first kappa shape index (κ1) is 25.3.